The van der Waals surface area contributed by atoms with E-state index in [0.717, 1.165) is 13.0 Å². The maximum absolute atomic E-state index is 9.41. The van der Waals surface area contributed by atoms with Gasteiger partial charge in [0.05, 0.1) is 18.9 Å². The van der Waals surface area contributed by atoms with E-state index >= 15 is 0 Å². The molecule has 1 N–H and O–H groups in total. The van der Waals surface area contributed by atoms with Gasteiger partial charge < -0.3 is 14.0 Å². The Labute approximate surface area is 97.8 Å². The van der Waals surface area contributed by atoms with Crippen LogP contribution in [0.4, 0.5) is 0 Å². The fourth-order valence-electron chi connectivity index (χ4n) is 1.97. The van der Waals surface area contributed by atoms with E-state index in [2.05, 4.69) is 15.0 Å². The highest BCUT2D eigenvalue weighted by Gasteiger charge is 2.22. The molecule has 90 valence electrons. The molecule has 1 aliphatic heterocycles. The minimum Gasteiger partial charge on any atom is -0.461 e. The van der Waals surface area contributed by atoms with Crippen LogP contribution < -0.4 is 0 Å². The van der Waals surface area contributed by atoms with Gasteiger partial charge in [-0.05, 0) is 18.6 Å². The van der Waals surface area contributed by atoms with Crippen molar-refractivity contribution >= 4 is 0 Å². The van der Waals surface area contributed by atoms with Crippen molar-refractivity contribution in [2.24, 2.45) is 0 Å². The molecule has 0 saturated carbocycles. The zero-order valence-corrected chi connectivity index (χ0v) is 9.24. The molecule has 6 heteroatoms. The Bertz CT molecular complexity index is 480. The second-order valence-corrected chi connectivity index (χ2v) is 4.17. The van der Waals surface area contributed by atoms with Gasteiger partial charge in [-0.1, -0.05) is 5.16 Å². The standard InChI is InChI=1S/C11H13N3O3/c15-8-3-4-14(6-8)7-10-12-11(13-17-10)9-2-1-5-16-9/h1-2,5,8,15H,3-4,6-7H2. The number of aliphatic hydroxyl groups excluding tert-OH is 1. The molecule has 1 atom stereocenters. The Morgan fingerprint density at radius 1 is 1.53 bits per heavy atom. The van der Waals surface area contributed by atoms with E-state index < -0.39 is 0 Å². The summed E-state index contributed by atoms with van der Waals surface area (Å²) in [5, 5.41) is 13.3. The highest BCUT2D eigenvalue weighted by Crippen LogP contribution is 2.17. The van der Waals surface area contributed by atoms with Crippen molar-refractivity contribution in [2.75, 3.05) is 13.1 Å². The fourth-order valence-corrected chi connectivity index (χ4v) is 1.97. The highest BCUT2D eigenvalue weighted by molar-refractivity contribution is 5.44. The molecule has 0 aliphatic carbocycles. The summed E-state index contributed by atoms with van der Waals surface area (Å²) in [5.74, 6) is 1.61. The maximum Gasteiger partial charge on any atom is 0.241 e. The van der Waals surface area contributed by atoms with E-state index in [1.165, 1.54) is 0 Å². The van der Waals surface area contributed by atoms with Gasteiger partial charge in [-0.25, -0.2) is 0 Å². The van der Waals surface area contributed by atoms with Crippen molar-refractivity contribution in [2.45, 2.75) is 19.1 Å². The molecule has 0 aromatic carbocycles. The summed E-state index contributed by atoms with van der Waals surface area (Å²) < 4.78 is 10.3. The van der Waals surface area contributed by atoms with Crippen LogP contribution in [0.25, 0.3) is 11.6 Å². The van der Waals surface area contributed by atoms with Crippen LogP contribution in [0.5, 0.6) is 0 Å². The molecule has 3 rings (SSSR count). The molecule has 1 fully saturated rings. The van der Waals surface area contributed by atoms with Gasteiger partial charge in [-0.3, -0.25) is 4.90 Å². The van der Waals surface area contributed by atoms with Crippen molar-refractivity contribution < 1.29 is 14.0 Å². The van der Waals surface area contributed by atoms with Gasteiger partial charge >= 0.3 is 0 Å². The topological polar surface area (TPSA) is 75.5 Å². The molecule has 1 aliphatic rings. The fraction of sp³-hybridized carbons (Fsp3) is 0.455. The Kier molecular flexibility index (Phi) is 2.66. The van der Waals surface area contributed by atoms with Gasteiger partial charge in [-0.2, -0.15) is 4.98 Å². The van der Waals surface area contributed by atoms with Gasteiger partial charge in [0.15, 0.2) is 5.76 Å². The lowest BCUT2D eigenvalue weighted by Crippen LogP contribution is -2.21. The first-order valence-corrected chi connectivity index (χ1v) is 5.58. The third kappa shape index (κ3) is 2.22. The predicted molar refractivity (Wildman–Crippen MR) is 57.9 cm³/mol. The van der Waals surface area contributed by atoms with Crippen LogP contribution in [-0.2, 0) is 6.54 Å². The minimum atomic E-state index is -0.234. The van der Waals surface area contributed by atoms with Crippen LogP contribution in [0.15, 0.2) is 27.3 Å². The van der Waals surface area contributed by atoms with Gasteiger partial charge in [0.2, 0.25) is 11.7 Å². The van der Waals surface area contributed by atoms with Crippen molar-refractivity contribution in [3.8, 4) is 11.6 Å². The predicted octanol–water partition coefficient (Wildman–Crippen LogP) is 0.896. The Hall–Kier alpha value is -1.66. The number of rotatable bonds is 3. The molecule has 1 saturated heterocycles. The average molecular weight is 235 g/mol. The quantitative estimate of drug-likeness (QED) is 0.851. The zero-order chi connectivity index (χ0) is 11.7. The van der Waals surface area contributed by atoms with Crippen molar-refractivity contribution in [3.63, 3.8) is 0 Å². The van der Waals surface area contributed by atoms with Crippen molar-refractivity contribution in [1.29, 1.82) is 0 Å². The molecule has 0 spiro atoms. The smallest absolute Gasteiger partial charge is 0.241 e. The Balaban J connectivity index is 1.69. The SMILES string of the molecule is OC1CCN(Cc2nc(-c3ccco3)no2)C1. The highest BCUT2D eigenvalue weighted by atomic mass is 16.5. The second kappa shape index (κ2) is 4.31. The van der Waals surface area contributed by atoms with Crippen LogP contribution in [0.1, 0.15) is 12.3 Å². The number of β-amino-alcohol motifs (C(OH)–C–C–N with tert-alkyl or cyclic N) is 1. The van der Waals surface area contributed by atoms with Gasteiger partial charge in [0.1, 0.15) is 0 Å². The van der Waals surface area contributed by atoms with Crippen molar-refractivity contribution in [1.82, 2.24) is 15.0 Å². The van der Waals surface area contributed by atoms with E-state index in [4.69, 9.17) is 8.94 Å². The van der Waals surface area contributed by atoms with Crippen LogP contribution in [0.3, 0.4) is 0 Å². The normalized spacial score (nSPS) is 21.1. The molecule has 0 radical (unpaired) electrons. The second-order valence-electron chi connectivity index (χ2n) is 4.17. The third-order valence-electron chi connectivity index (χ3n) is 2.82. The summed E-state index contributed by atoms with van der Waals surface area (Å²) in [6.07, 6.45) is 2.14. The van der Waals surface area contributed by atoms with Crippen LogP contribution >= 0.6 is 0 Å². The first-order chi connectivity index (χ1) is 8.31. The summed E-state index contributed by atoms with van der Waals surface area (Å²) in [7, 11) is 0. The van der Waals surface area contributed by atoms with Crippen LogP contribution in [0.2, 0.25) is 0 Å². The number of hydrogen-bond acceptors (Lipinski definition) is 6. The van der Waals surface area contributed by atoms with E-state index in [-0.39, 0.29) is 6.10 Å². The molecule has 1 unspecified atom stereocenters. The van der Waals surface area contributed by atoms with Gasteiger partial charge in [-0.15, -0.1) is 0 Å². The minimum absolute atomic E-state index is 0.234. The van der Waals surface area contributed by atoms with Crippen LogP contribution in [0, 0.1) is 0 Å². The number of likely N-dealkylation sites (tertiary alicyclic amines) is 1. The molecule has 3 heterocycles. The summed E-state index contributed by atoms with van der Waals surface area (Å²) in [6, 6.07) is 3.57. The monoisotopic (exact) mass is 235 g/mol. The van der Waals surface area contributed by atoms with E-state index in [1.807, 2.05) is 0 Å². The Morgan fingerprint density at radius 2 is 2.47 bits per heavy atom. The lowest BCUT2D eigenvalue weighted by molar-refractivity contribution is 0.169. The number of hydrogen-bond donors (Lipinski definition) is 1. The van der Waals surface area contributed by atoms with Crippen molar-refractivity contribution in [3.05, 3.63) is 24.3 Å². The first kappa shape index (κ1) is 10.5. The zero-order valence-electron chi connectivity index (χ0n) is 9.24. The molecule has 17 heavy (non-hydrogen) atoms. The first-order valence-electron chi connectivity index (χ1n) is 5.58. The van der Waals surface area contributed by atoms with Crippen LogP contribution in [-0.4, -0.2) is 39.3 Å². The molecule has 2 aromatic heterocycles. The maximum atomic E-state index is 9.41. The Morgan fingerprint density at radius 3 is 3.18 bits per heavy atom. The summed E-state index contributed by atoms with van der Waals surface area (Å²) in [6.45, 7) is 2.10. The molecular weight excluding hydrogens is 222 g/mol. The molecule has 2 aromatic rings. The summed E-state index contributed by atoms with van der Waals surface area (Å²) in [5.41, 5.74) is 0. The number of aromatic nitrogens is 2. The molecular formula is C11H13N3O3. The number of nitrogens with zero attached hydrogens (tertiary/aromatic N) is 3. The third-order valence-corrected chi connectivity index (χ3v) is 2.82. The lowest BCUT2D eigenvalue weighted by atomic mass is 10.3. The average Bonchev–Trinajstić information content (AvgIpc) is 3.00. The summed E-state index contributed by atoms with van der Waals surface area (Å²) >= 11 is 0. The lowest BCUT2D eigenvalue weighted by Gasteiger charge is -2.10. The van der Waals surface area contributed by atoms with E-state index in [1.54, 1.807) is 18.4 Å². The van der Waals surface area contributed by atoms with E-state index in [0.29, 0.717) is 30.6 Å². The largest absolute Gasteiger partial charge is 0.461 e. The van der Waals surface area contributed by atoms with Gasteiger partial charge in [0, 0.05) is 13.1 Å². The number of furan rings is 1. The molecule has 6 nitrogen and oxygen atoms in total. The molecule has 0 bridgehead atoms. The number of aliphatic hydroxyl groups is 1. The van der Waals surface area contributed by atoms with Gasteiger partial charge in [0.25, 0.3) is 0 Å². The molecule has 0 amide bonds. The van der Waals surface area contributed by atoms with E-state index in [9.17, 15) is 5.11 Å². The summed E-state index contributed by atoms with van der Waals surface area (Å²) in [4.78, 5) is 6.33.